The Kier molecular flexibility index (Phi) is 6.24. The molecule has 14 heteroatoms. The fraction of sp³-hybridized carbons (Fsp3) is 0.429. The van der Waals surface area contributed by atoms with Gasteiger partial charge in [-0.05, 0) is 35.4 Å². The van der Waals surface area contributed by atoms with E-state index in [4.69, 9.17) is 0 Å². The van der Waals surface area contributed by atoms with Gasteiger partial charge in [0.1, 0.15) is 4.90 Å². The van der Waals surface area contributed by atoms with Gasteiger partial charge in [-0.15, -0.1) is 0 Å². The van der Waals surface area contributed by atoms with Crippen molar-refractivity contribution in [3.8, 4) is 0 Å². The number of aliphatic hydroxyl groups is 1. The minimum Gasteiger partial charge on any atom is -0.392 e. The predicted octanol–water partition coefficient (Wildman–Crippen LogP) is 3.70. The molecule has 2 aromatic heterocycles. The van der Waals surface area contributed by atoms with Crippen molar-refractivity contribution >= 4 is 9.84 Å². The van der Waals surface area contributed by atoms with E-state index in [1.54, 1.807) is 18.2 Å². The number of fused-ring (bicyclic) bond motifs is 1. The molecule has 3 aromatic rings. The summed E-state index contributed by atoms with van der Waals surface area (Å²) in [4.78, 5) is -0.864. The maximum Gasteiger partial charge on any atom is 0.436 e. The van der Waals surface area contributed by atoms with E-state index in [9.17, 15) is 39.9 Å². The highest BCUT2D eigenvalue weighted by Gasteiger charge is 2.42. The second-order valence-electron chi connectivity index (χ2n) is 8.42. The van der Waals surface area contributed by atoms with Crippen molar-refractivity contribution in [1.29, 1.82) is 0 Å². The van der Waals surface area contributed by atoms with Crippen molar-refractivity contribution in [2.45, 2.75) is 49.2 Å². The average molecular weight is 522 g/mol. The van der Waals surface area contributed by atoms with Crippen LogP contribution < -0.4 is 0 Å². The van der Waals surface area contributed by atoms with E-state index in [1.807, 2.05) is 0 Å². The molecule has 190 valence electrons. The molecule has 0 spiro atoms. The number of rotatable bonds is 6. The lowest BCUT2D eigenvalue weighted by Crippen LogP contribution is -2.18. The summed E-state index contributed by atoms with van der Waals surface area (Å²) in [7, 11) is -3.09. The zero-order chi connectivity index (χ0) is 25.8. The van der Waals surface area contributed by atoms with E-state index in [0.717, 1.165) is 27.3 Å². The van der Waals surface area contributed by atoms with Crippen LogP contribution >= 0.6 is 0 Å². The molecule has 0 saturated heterocycles. The molecular weight excluding hydrogens is 502 g/mol. The lowest BCUT2D eigenvalue weighted by molar-refractivity contribution is -0.144. The first-order valence-electron chi connectivity index (χ1n) is 10.4. The Hall–Kier alpha value is -2.87. The van der Waals surface area contributed by atoms with Crippen molar-refractivity contribution in [2.24, 2.45) is 7.05 Å². The fourth-order valence-corrected chi connectivity index (χ4v) is 6.18. The van der Waals surface area contributed by atoms with Gasteiger partial charge in [-0.3, -0.25) is 9.36 Å². The Bertz CT molecular complexity index is 1360. The maximum absolute atomic E-state index is 13.3. The minimum atomic E-state index is -4.92. The highest BCUT2D eigenvalue weighted by Crippen LogP contribution is 2.39. The van der Waals surface area contributed by atoms with Gasteiger partial charge in [-0.1, -0.05) is 18.2 Å². The van der Waals surface area contributed by atoms with Crippen LogP contribution in [0, 0.1) is 0 Å². The summed E-state index contributed by atoms with van der Waals surface area (Å²) < 4.78 is 107. The summed E-state index contributed by atoms with van der Waals surface area (Å²) >= 11 is 0. The molecule has 7 nitrogen and oxygen atoms in total. The van der Waals surface area contributed by atoms with Gasteiger partial charge in [0.2, 0.25) is 0 Å². The second-order valence-corrected chi connectivity index (χ2v) is 10.4. The summed E-state index contributed by atoms with van der Waals surface area (Å²) in [5.74, 6) is -1.06. The van der Waals surface area contributed by atoms with E-state index >= 15 is 0 Å². The minimum absolute atomic E-state index is 0.00997. The molecule has 1 aliphatic carbocycles. The van der Waals surface area contributed by atoms with Crippen LogP contribution in [0.1, 0.15) is 46.0 Å². The first kappa shape index (κ1) is 25.2. The smallest absolute Gasteiger partial charge is 0.392 e. The Balaban J connectivity index is 1.55. The SMILES string of the molecule is Cn1cc(S(=O)(=O)CC2CCc3cc(Cn4cc(CO)c(C(F)(F)F)n4)ccc32)c(C(F)(F)F)n1. The molecule has 4 rings (SSSR count). The van der Waals surface area contributed by atoms with Gasteiger partial charge >= 0.3 is 12.4 Å². The molecule has 1 aromatic carbocycles. The number of aryl methyl sites for hydroxylation is 2. The Morgan fingerprint density at radius 1 is 1.06 bits per heavy atom. The zero-order valence-corrected chi connectivity index (χ0v) is 19.0. The topological polar surface area (TPSA) is 90.0 Å². The number of benzene rings is 1. The van der Waals surface area contributed by atoms with Gasteiger partial charge in [0.25, 0.3) is 0 Å². The highest BCUT2D eigenvalue weighted by molar-refractivity contribution is 7.91. The van der Waals surface area contributed by atoms with Crippen LogP contribution in [-0.4, -0.2) is 38.8 Å². The lowest BCUT2D eigenvalue weighted by Gasteiger charge is -2.14. The monoisotopic (exact) mass is 522 g/mol. The average Bonchev–Trinajstić information content (AvgIpc) is 3.44. The first-order chi connectivity index (χ1) is 16.2. The van der Waals surface area contributed by atoms with E-state index in [-0.39, 0.29) is 12.1 Å². The largest absolute Gasteiger partial charge is 0.436 e. The molecule has 1 atom stereocenters. The van der Waals surface area contributed by atoms with Gasteiger partial charge in [0.05, 0.1) is 18.9 Å². The van der Waals surface area contributed by atoms with Crippen LogP contribution in [0.3, 0.4) is 0 Å². The van der Waals surface area contributed by atoms with Crippen LogP contribution in [0.2, 0.25) is 0 Å². The molecule has 0 bridgehead atoms. The normalized spacial score (nSPS) is 16.6. The first-order valence-corrected chi connectivity index (χ1v) is 12.0. The molecule has 35 heavy (non-hydrogen) atoms. The summed E-state index contributed by atoms with van der Waals surface area (Å²) in [5.41, 5.74) is -0.914. The number of sulfone groups is 1. The summed E-state index contributed by atoms with van der Waals surface area (Å²) in [6, 6.07) is 4.98. The molecule has 0 radical (unpaired) electrons. The van der Waals surface area contributed by atoms with E-state index in [1.165, 1.54) is 7.05 Å². The number of aliphatic hydroxyl groups excluding tert-OH is 1. The molecule has 0 fully saturated rings. The zero-order valence-electron chi connectivity index (χ0n) is 18.2. The number of nitrogens with zero attached hydrogens (tertiary/aromatic N) is 4. The number of hydrogen-bond acceptors (Lipinski definition) is 5. The van der Waals surface area contributed by atoms with Crippen molar-refractivity contribution in [3.05, 3.63) is 64.2 Å². The number of hydrogen-bond donors (Lipinski definition) is 1. The van der Waals surface area contributed by atoms with Crippen LogP contribution in [0.25, 0.3) is 0 Å². The third kappa shape index (κ3) is 5.08. The van der Waals surface area contributed by atoms with Gasteiger partial charge in [-0.25, -0.2) is 8.42 Å². The third-order valence-electron chi connectivity index (χ3n) is 5.85. The van der Waals surface area contributed by atoms with Gasteiger partial charge in [0.15, 0.2) is 21.2 Å². The number of halogens is 6. The summed E-state index contributed by atoms with van der Waals surface area (Å²) in [6.07, 6.45) is -6.80. The van der Waals surface area contributed by atoms with E-state index in [0.29, 0.717) is 24.0 Å². The molecule has 1 unspecified atom stereocenters. The van der Waals surface area contributed by atoms with Crippen LogP contribution in [0.15, 0.2) is 35.5 Å². The second kappa shape index (κ2) is 8.66. The van der Waals surface area contributed by atoms with Gasteiger partial charge < -0.3 is 5.11 Å². The number of aromatic nitrogens is 4. The lowest BCUT2D eigenvalue weighted by atomic mass is 10.0. The molecule has 2 heterocycles. The van der Waals surface area contributed by atoms with Crippen LogP contribution in [0.4, 0.5) is 26.3 Å². The van der Waals surface area contributed by atoms with Crippen LogP contribution in [0.5, 0.6) is 0 Å². The standard InChI is InChI=1S/C21H20F6N4O3S/c1-30-9-17(19(28-30)21(25,26)27)35(33,34)11-14-4-3-13-6-12(2-5-16(13)14)7-31-8-15(10-32)18(29-31)20(22,23)24/h2,5-6,8-9,14,32H,3-4,7,10-11H2,1H3. The Labute approximate surface area is 195 Å². The Morgan fingerprint density at radius 3 is 2.34 bits per heavy atom. The van der Waals surface area contributed by atoms with Crippen molar-refractivity contribution in [3.63, 3.8) is 0 Å². The van der Waals surface area contributed by atoms with Crippen LogP contribution in [-0.2, 0) is 48.8 Å². The third-order valence-corrected chi connectivity index (χ3v) is 7.66. The Morgan fingerprint density at radius 2 is 1.74 bits per heavy atom. The van der Waals surface area contributed by atoms with Crippen molar-refractivity contribution in [2.75, 3.05) is 5.75 Å². The summed E-state index contributed by atoms with van der Waals surface area (Å²) in [6.45, 7) is -0.827. The molecule has 0 amide bonds. The molecular formula is C21H20F6N4O3S. The van der Waals surface area contributed by atoms with Gasteiger partial charge in [0, 0.05) is 25.0 Å². The van der Waals surface area contributed by atoms with E-state index in [2.05, 4.69) is 10.2 Å². The van der Waals surface area contributed by atoms with Gasteiger partial charge in [-0.2, -0.15) is 36.5 Å². The quantitative estimate of drug-likeness (QED) is 0.499. The van der Waals surface area contributed by atoms with Crippen molar-refractivity contribution < 1.29 is 39.9 Å². The number of alkyl halides is 6. The molecule has 0 aliphatic heterocycles. The predicted molar refractivity (Wildman–Crippen MR) is 110 cm³/mol. The molecule has 1 N–H and O–H groups in total. The summed E-state index contributed by atoms with van der Waals surface area (Å²) in [5, 5.41) is 16.0. The van der Waals surface area contributed by atoms with E-state index < -0.39 is 56.8 Å². The molecule has 1 aliphatic rings. The molecule has 0 saturated carbocycles. The highest BCUT2D eigenvalue weighted by atomic mass is 32.2. The van der Waals surface area contributed by atoms with Crippen molar-refractivity contribution in [1.82, 2.24) is 19.6 Å². The maximum atomic E-state index is 13.3. The fourth-order valence-electron chi connectivity index (χ4n) is 4.36.